The summed E-state index contributed by atoms with van der Waals surface area (Å²) in [6.45, 7) is 0. The molecule has 0 spiro atoms. The van der Waals surface area contributed by atoms with Crippen LogP contribution in [0.25, 0.3) is 10.9 Å². The van der Waals surface area contributed by atoms with E-state index in [0.717, 1.165) is 10.9 Å². The molecule has 1 aromatic heterocycles. The lowest BCUT2D eigenvalue weighted by atomic mass is 10.1. The first-order valence-electron chi connectivity index (χ1n) is 6.26. The van der Waals surface area contributed by atoms with Crippen LogP contribution in [0.3, 0.4) is 0 Å². The van der Waals surface area contributed by atoms with E-state index in [0.29, 0.717) is 21.8 Å². The van der Waals surface area contributed by atoms with Gasteiger partial charge in [-0.05, 0) is 36.4 Å². The van der Waals surface area contributed by atoms with E-state index >= 15 is 0 Å². The van der Waals surface area contributed by atoms with E-state index in [1.165, 1.54) is 0 Å². The van der Waals surface area contributed by atoms with Gasteiger partial charge in [-0.2, -0.15) is 5.26 Å². The van der Waals surface area contributed by atoms with Crippen LogP contribution in [0.4, 0.5) is 5.69 Å². The molecule has 0 aliphatic carbocycles. The predicted molar refractivity (Wildman–Crippen MR) is 82.4 cm³/mol. The molecule has 21 heavy (non-hydrogen) atoms. The fourth-order valence-electron chi connectivity index (χ4n) is 2.17. The molecular formula is C16H10ClN3O. The second kappa shape index (κ2) is 5.31. The van der Waals surface area contributed by atoms with Gasteiger partial charge >= 0.3 is 0 Å². The first kappa shape index (κ1) is 13.2. The van der Waals surface area contributed by atoms with Gasteiger partial charge in [0.25, 0.3) is 5.91 Å². The van der Waals surface area contributed by atoms with Crippen LogP contribution in [-0.4, -0.2) is 10.9 Å². The molecule has 0 fully saturated rings. The number of benzene rings is 2. The summed E-state index contributed by atoms with van der Waals surface area (Å²) >= 11 is 5.96. The van der Waals surface area contributed by atoms with E-state index in [1.807, 2.05) is 24.3 Å². The highest BCUT2D eigenvalue weighted by molar-refractivity contribution is 6.32. The molecule has 0 atom stereocenters. The smallest absolute Gasteiger partial charge is 0.256 e. The molecule has 0 aliphatic heterocycles. The van der Waals surface area contributed by atoms with Gasteiger partial charge < -0.3 is 10.3 Å². The summed E-state index contributed by atoms with van der Waals surface area (Å²) in [5, 5.41) is 12.8. The van der Waals surface area contributed by atoms with E-state index in [2.05, 4.69) is 10.3 Å². The molecule has 5 heteroatoms. The predicted octanol–water partition coefficient (Wildman–Crippen LogP) is 3.95. The Hall–Kier alpha value is -2.77. The molecule has 3 aromatic rings. The molecule has 1 heterocycles. The van der Waals surface area contributed by atoms with Crippen molar-refractivity contribution in [1.29, 1.82) is 5.26 Å². The molecule has 102 valence electrons. The maximum Gasteiger partial charge on any atom is 0.256 e. The number of nitrogens with zero attached hydrogens (tertiary/aromatic N) is 1. The molecule has 3 rings (SSSR count). The summed E-state index contributed by atoms with van der Waals surface area (Å²) in [6.07, 6.45) is 1.79. The Morgan fingerprint density at radius 1 is 1.24 bits per heavy atom. The lowest BCUT2D eigenvalue weighted by Crippen LogP contribution is -2.12. The van der Waals surface area contributed by atoms with Crippen molar-refractivity contribution < 1.29 is 4.79 Å². The number of aromatic nitrogens is 1. The molecule has 1 amide bonds. The number of carbonyl (C=O) groups is 1. The zero-order chi connectivity index (χ0) is 14.8. The Morgan fingerprint density at radius 3 is 2.86 bits per heavy atom. The molecule has 0 aliphatic rings. The minimum atomic E-state index is -0.221. The SMILES string of the molecule is N#Cc1ccc(NC(=O)c2cccc3[nH]ccc23)cc1Cl. The summed E-state index contributed by atoms with van der Waals surface area (Å²) in [5.74, 6) is -0.221. The van der Waals surface area contributed by atoms with Gasteiger partial charge in [-0.25, -0.2) is 0 Å². The number of anilines is 1. The second-order valence-electron chi connectivity index (χ2n) is 4.51. The number of H-pyrrole nitrogens is 1. The molecule has 0 saturated carbocycles. The van der Waals surface area contributed by atoms with Crippen molar-refractivity contribution in [2.45, 2.75) is 0 Å². The third-order valence-electron chi connectivity index (χ3n) is 3.19. The minimum Gasteiger partial charge on any atom is -0.361 e. The quantitative estimate of drug-likeness (QED) is 0.751. The van der Waals surface area contributed by atoms with Gasteiger partial charge in [0.15, 0.2) is 0 Å². The van der Waals surface area contributed by atoms with Crippen molar-refractivity contribution in [2.24, 2.45) is 0 Å². The molecule has 4 nitrogen and oxygen atoms in total. The Labute approximate surface area is 126 Å². The second-order valence-corrected chi connectivity index (χ2v) is 4.91. The van der Waals surface area contributed by atoms with Gasteiger partial charge in [0, 0.05) is 28.4 Å². The van der Waals surface area contributed by atoms with Crippen LogP contribution < -0.4 is 5.32 Å². The van der Waals surface area contributed by atoms with Crippen LogP contribution in [0, 0.1) is 11.3 Å². The number of hydrogen-bond donors (Lipinski definition) is 2. The van der Waals surface area contributed by atoms with Gasteiger partial charge in [0.2, 0.25) is 0 Å². The summed E-state index contributed by atoms with van der Waals surface area (Å²) < 4.78 is 0. The standard InChI is InChI=1S/C16H10ClN3O/c17-14-8-11(5-4-10(14)9-18)20-16(21)13-2-1-3-15-12(13)6-7-19-15/h1-8,19H,(H,20,21). The van der Waals surface area contributed by atoms with Crippen LogP contribution in [-0.2, 0) is 0 Å². The Balaban J connectivity index is 1.92. The van der Waals surface area contributed by atoms with E-state index in [9.17, 15) is 4.79 Å². The van der Waals surface area contributed by atoms with E-state index in [-0.39, 0.29) is 5.91 Å². The summed E-state index contributed by atoms with van der Waals surface area (Å²) in [7, 11) is 0. The molecular weight excluding hydrogens is 286 g/mol. The van der Waals surface area contributed by atoms with Crippen LogP contribution in [0.1, 0.15) is 15.9 Å². The van der Waals surface area contributed by atoms with Crippen LogP contribution in [0.15, 0.2) is 48.7 Å². The Kier molecular flexibility index (Phi) is 3.35. The van der Waals surface area contributed by atoms with E-state index in [1.54, 1.807) is 30.5 Å². The number of fused-ring (bicyclic) bond motifs is 1. The van der Waals surface area contributed by atoms with Gasteiger partial charge in [-0.3, -0.25) is 4.79 Å². The lowest BCUT2D eigenvalue weighted by Gasteiger charge is -2.07. The average Bonchev–Trinajstić information content (AvgIpc) is 2.95. The number of rotatable bonds is 2. The first-order valence-corrected chi connectivity index (χ1v) is 6.64. The topological polar surface area (TPSA) is 68.7 Å². The zero-order valence-corrected chi connectivity index (χ0v) is 11.6. The van der Waals surface area contributed by atoms with Crippen LogP contribution in [0.5, 0.6) is 0 Å². The Bertz CT molecular complexity index is 877. The number of nitriles is 1. The Morgan fingerprint density at radius 2 is 2.10 bits per heavy atom. The summed E-state index contributed by atoms with van der Waals surface area (Å²) in [6, 6.07) is 14.1. The molecule has 2 N–H and O–H groups in total. The average molecular weight is 296 g/mol. The number of nitrogens with one attached hydrogen (secondary N) is 2. The molecule has 2 aromatic carbocycles. The highest BCUT2D eigenvalue weighted by Crippen LogP contribution is 2.22. The van der Waals surface area contributed by atoms with E-state index < -0.39 is 0 Å². The maximum atomic E-state index is 12.4. The number of halogens is 1. The summed E-state index contributed by atoms with van der Waals surface area (Å²) in [5.41, 5.74) is 2.41. The van der Waals surface area contributed by atoms with Gasteiger partial charge in [0.1, 0.15) is 6.07 Å². The molecule has 0 bridgehead atoms. The number of aromatic amines is 1. The fraction of sp³-hybridized carbons (Fsp3) is 0. The first-order chi connectivity index (χ1) is 10.2. The molecule has 0 radical (unpaired) electrons. The molecule has 0 unspecified atom stereocenters. The molecule has 0 saturated heterocycles. The highest BCUT2D eigenvalue weighted by Gasteiger charge is 2.11. The van der Waals surface area contributed by atoms with Crippen molar-refractivity contribution in [3.05, 3.63) is 64.8 Å². The zero-order valence-electron chi connectivity index (χ0n) is 10.9. The number of carbonyl (C=O) groups excluding carboxylic acids is 1. The normalized spacial score (nSPS) is 10.3. The van der Waals surface area contributed by atoms with Crippen LogP contribution in [0.2, 0.25) is 5.02 Å². The van der Waals surface area contributed by atoms with Crippen molar-refractivity contribution in [3.63, 3.8) is 0 Å². The minimum absolute atomic E-state index is 0.221. The van der Waals surface area contributed by atoms with Crippen molar-refractivity contribution in [3.8, 4) is 6.07 Å². The van der Waals surface area contributed by atoms with E-state index in [4.69, 9.17) is 16.9 Å². The maximum absolute atomic E-state index is 12.4. The van der Waals surface area contributed by atoms with Gasteiger partial charge in [-0.15, -0.1) is 0 Å². The van der Waals surface area contributed by atoms with Crippen molar-refractivity contribution in [2.75, 3.05) is 5.32 Å². The third-order valence-corrected chi connectivity index (χ3v) is 3.50. The highest BCUT2D eigenvalue weighted by atomic mass is 35.5. The number of hydrogen-bond acceptors (Lipinski definition) is 2. The largest absolute Gasteiger partial charge is 0.361 e. The third kappa shape index (κ3) is 2.47. The van der Waals surface area contributed by atoms with Crippen LogP contribution >= 0.6 is 11.6 Å². The lowest BCUT2D eigenvalue weighted by molar-refractivity contribution is 0.102. The van der Waals surface area contributed by atoms with Crippen molar-refractivity contribution >= 4 is 34.1 Å². The summed E-state index contributed by atoms with van der Waals surface area (Å²) in [4.78, 5) is 15.4. The van der Waals surface area contributed by atoms with Gasteiger partial charge in [-0.1, -0.05) is 17.7 Å². The number of amides is 1. The fourth-order valence-corrected chi connectivity index (χ4v) is 2.39. The van der Waals surface area contributed by atoms with Crippen molar-refractivity contribution in [1.82, 2.24) is 4.98 Å². The van der Waals surface area contributed by atoms with Gasteiger partial charge in [0.05, 0.1) is 10.6 Å². The monoisotopic (exact) mass is 295 g/mol.